The summed E-state index contributed by atoms with van der Waals surface area (Å²) in [5.74, 6) is -1.22. The molecule has 0 spiro atoms. The highest BCUT2D eigenvalue weighted by molar-refractivity contribution is 5.79. The Morgan fingerprint density at radius 2 is 2.10 bits per heavy atom. The third-order valence-electron chi connectivity index (χ3n) is 2.67. The van der Waals surface area contributed by atoms with Crippen LogP contribution in [0.3, 0.4) is 0 Å². The second kappa shape index (κ2) is 5.39. The van der Waals surface area contributed by atoms with E-state index < -0.39 is 16.9 Å². The molecule has 8 nitrogen and oxygen atoms in total. The first-order valence-corrected chi connectivity index (χ1v) is 5.71. The van der Waals surface area contributed by atoms with Crippen LogP contribution >= 0.6 is 0 Å². The summed E-state index contributed by atoms with van der Waals surface area (Å²) in [6.07, 6.45) is 1.21. The van der Waals surface area contributed by atoms with E-state index in [0.717, 1.165) is 0 Å². The molecule has 0 aliphatic carbocycles. The van der Waals surface area contributed by atoms with Gasteiger partial charge in [0.2, 0.25) is 5.82 Å². The number of hydrogen-bond acceptors (Lipinski definition) is 5. The number of anilines is 1. The van der Waals surface area contributed by atoms with E-state index in [1.165, 1.54) is 17.9 Å². The lowest BCUT2D eigenvalue weighted by molar-refractivity contribution is -0.384. The van der Waals surface area contributed by atoms with E-state index >= 15 is 0 Å². The average Bonchev–Trinajstić information content (AvgIpc) is 2.78. The fourth-order valence-electron chi connectivity index (χ4n) is 1.78. The van der Waals surface area contributed by atoms with Gasteiger partial charge < -0.3 is 10.4 Å². The van der Waals surface area contributed by atoms with Gasteiger partial charge in [-0.3, -0.25) is 14.8 Å². The van der Waals surface area contributed by atoms with E-state index in [4.69, 9.17) is 0 Å². The lowest BCUT2D eigenvalue weighted by Gasteiger charge is -2.13. The number of nitrogens with one attached hydrogen (secondary N) is 1. The monoisotopic (exact) mass is 276 g/mol. The number of nitro groups is 1. The van der Waals surface area contributed by atoms with Gasteiger partial charge >= 0.3 is 11.7 Å². The molecule has 20 heavy (non-hydrogen) atoms. The summed E-state index contributed by atoms with van der Waals surface area (Å²) in [6, 6.07) is 7.29. The Morgan fingerprint density at radius 1 is 1.45 bits per heavy atom. The molecule has 8 heteroatoms. The maximum atomic E-state index is 11.3. The van der Waals surface area contributed by atoms with E-state index in [1.807, 2.05) is 0 Å². The Kier molecular flexibility index (Phi) is 3.65. The first kappa shape index (κ1) is 13.5. The minimum atomic E-state index is -1.14. The van der Waals surface area contributed by atoms with Crippen molar-refractivity contribution in [2.24, 2.45) is 7.05 Å². The molecule has 0 saturated heterocycles. The minimum Gasteiger partial charge on any atom is -0.479 e. The molecule has 0 bridgehead atoms. The standard InChI is InChI=1S/C12H12N4O4/c1-15-7-9(16(19)20)11(14-15)13-10(12(17)18)8-5-3-2-4-6-8/h2-7,10H,1H3,(H,13,14)(H,17,18). The van der Waals surface area contributed by atoms with Crippen molar-refractivity contribution in [3.05, 3.63) is 52.2 Å². The largest absolute Gasteiger partial charge is 0.479 e. The smallest absolute Gasteiger partial charge is 0.330 e. The van der Waals surface area contributed by atoms with Crippen LogP contribution in [0.2, 0.25) is 0 Å². The molecule has 0 aliphatic heterocycles. The van der Waals surface area contributed by atoms with Gasteiger partial charge in [0.05, 0.1) is 4.92 Å². The van der Waals surface area contributed by atoms with Gasteiger partial charge in [-0.2, -0.15) is 0 Å². The van der Waals surface area contributed by atoms with Crippen molar-refractivity contribution < 1.29 is 14.8 Å². The number of nitrogens with zero attached hydrogens (tertiary/aromatic N) is 3. The molecule has 1 aromatic carbocycles. The molecule has 104 valence electrons. The third kappa shape index (κ3) is 2.74. The van der Waals surface area contributed by atoms with Crippen molar-refractivity contribution in [3.8, 4) is 0 Å². The Morgan fingerprint density at radius 3 is 2.65 bits per heavy atom. The van der Waals surface area contributed by atoms with Crippen molar-refractivity contribution in [2.45, 2.75) is 6.04 Å². The van der Waals surface area contributed by atoms with Gasteiger partial charge in [-0.25, -0.2) is 4.79 Å². The van der Waals surface area contributed by atoms with Crippen LogP contribution in [0.1, 0.15) is 11.6 Å². The van der Waals surface area contributed by atoms with Crippen LogP contribution < -0.4 is 5.32 Å². The SMILES string of the molecule is Cn1cc([N+](=O)[O-])c(NC(C(=O)O)c2ccccc2)n1. The molecule has 0 saturated carbocycles. The Bertz CT molecular complexity index is 638. The van der Waals surface area contributed by atoms with Crippen molar-refractivity contribution >= 4 is 17.5 Å². The number of rotatable bonds is 5. The maximum absolute atomic E-state index is 11.3. The second-order valence-corrected chi connectivity index (χ2v) is 4.12. The normalized spacial score (nSPS) is 11.8. The highest BCUT2D eigenvalue weighted by Crippen LogP contribution is 2.26. The van der Waals surface area contributed by atoms with Crippen LogP contribution in [-0.2, 0) is 11.8 Å². The van der Waals surface area contributed by atoms with Crippen molar-refractivity contribution in [1.29, 1.82) is 0 Å². The number of carboxylic acid groups (broad SMARTS) is 1. The molecule has 0 aliphatic rings. The van der Waals surface area contributed by atoms with Crippen molar-refractivity contribution in [1.82, 2.24) is 9.78 Å². The number of aliphatic carboxylic acids is 1. The third-order valence-corrected chi connectivity index (χ3v) is 2.67. The van der Waals surface area contributed by atoms with Crippen LogP contribution in [0.5, 0.6) is 0 Å². The molecule has 0 fully saturated rings. The highest BCUT2D eigenvalue weighted by atomic mass is 16.6. The van der Waals surface area contributed by atoms with Gasteiger partial charge in [-0.05, 0) is 5.56 Å². The average molecular weight is 276 g/mol. The summed E-state index contributed by atoms with van der Waals surface area (Å²) in [7, 11) is 1.52. The number of hydrogen-bond donors (Lipinski definition) is 2. The quantitative estimate of drug-likeness (QED) is 0.633. The van der Waals surface area contributed by atoms with Gasteiger partial charge in [-0.15, -0.1) is 5.10 Å². The van der Waals surface area contributed by atoms with E-state index in [1.54, 1.807) is 30.3 Å². The molecule has 1 aromatic heterocycles. The summed E-state index contributed by atoms with van der Waals surface area (Å²) in [5, 5.41) is 26.6. The number of carbonyl (C=O) groups is 1. The van der Waals surface area contributed by atoms with Crippen molar-refractivity contribution in [3.63, 3.8) is 0 Å². The van der Waals surface area contributed by atoms with Gasteiger partial charge in [0.1, 0.15) is 6.20 Å². The van der Waals surface area contributed by atoms with Gasteiger partial charge in [0, 0.05) is 7.05 Å². The predicted octanol–water partition coefficient (Wildman–Crippen LogP) is 1.57. The lowest BCUT2D eigenvalue weighted by atomic mass is 10.1. The Hall–Kier alpha value is -2.90. The van der Waals surface area contributed by atoms with Gasteiger partial charge in [-0.1, -0.05) is 30.3 Å². The van der Waals surface area contributed by atoms with E-state index in [2.05, 4.69) is 10.4 Å². The molecule has 1 atom stereocenters. The van der Waals surface area contributed by atoms with Crippen LogP contribution in [0, 0.1) is 10.1 Å². The fourth-order valence-corrected chi connectivity index (χ4v) is 1.78. The Balaban J connectivity index is 2.35. The fraction of sp³-hybridized carbons (Fsp3) is 0.167. The molecule has 0 radical (unpaired) electrons. The number of aryl methyl sites for hydroxylation is 1. The molecule has 1 heterocycles. The summed E-state index contributed by atoms with van der Waals surface area (Å²) in [5.41, 5.74) is 0.217. The first-order chi connectivity index (χ1) is 9.49. The number of carboxylic acids is 1. The van der Waals surface area contributed by atoms with Gasteiger partial charge in [0.25, 0.3) is 0 Å². The van der Waals surface area contributed by atoms with E-state index in [9.17, 15) is 20.0 Å². The Labute approximate surface area is 113 Å². The van der Waals surface area contributed by atoms with Crippen molar-refractivity contribution in [2.75, 3.05) is 5.32 Å². The van der Waals surface area contributed by atoms with Crippen LogP contribution in [0.4, 0.5) is 11.5 Å². The maximum Gasteiger partial charge on any atom is 0.330 e. The second-order valence-electron chi connectivity index (χ2n) is 4.12. The topological polar surface area (TPSA) is 110 Å². The number of benzene rings is 1. The molecule has 2 rings (SSSR count). The summed E-state index contributed by atoms with van der Waals surface area (Å²) >= 11 is 0. The van der Waals surface area contributed by atoms with E-state index in [-0.39, 0.29) is 11.5 Å². The molecule has 2 N–H and O–H groups in total. The molecular weight excluding hydrogens is 264 g/mol. The van der Waals surface area contributed by atoms with Crippen LogP contribution in [0.15, 0.2) is 36.5 Å². The zero-order valence-corrected chi connectivity index (χ0v) is 10.6. The summed E-state index contributed by atoms with van der Waals surface area (Å²) in [6.45, 7) is 0. The molecular formula is C12H12N4O4. The lowest BCUT2D eigenvalue weighted by Crippen LogP contribution is -2.21. The summed E-state index contributed by atoms with van der Waals surface area (Å²) < 4.78 is 1.25. The molecule has 2 aromatic rings. The molecule has 0 amide bonds. The minimum absolute atomic E-state index is 0.0752. The zero-order chi connectivity index (χ0) is 14.7. The molecule has 1 unspecified atom stereocenters. The van der Waals surface area contributed by atoms with E-state index in [0.29, 0.717) is 5.56 Å². The number of aromatic nitrogens is 2. The predicted molar refractivity (Wildman–Crippen MR) is 70.3 cm³/mol. The highest BCUT2D eigenvalue weighted by Gasteiger charge is 2.26. The zero-order valence-electron chi connectivity index (χ0n) is 10.6. The summed E-state index contributed by atoms with van der Waals surface area (Å²) in [4.78, 5) is 21.6. The first-order valence-electron chi connectivity index (χ1n) is 5.71. The van der Waals surface area contributed by atoms with Gasteiger partial charge in [0.15, 0.2) is 6.04 Å². The van der Waals surface area contributed by atoms with Crippen LogP contribution in [0.25, 0.3) is 0 Å². The van der Waals surface area contributed by atoms with Crippen LogP contribution in [-0.4, -0.2) is 25.8 Å².